The van der Waals surface area contributed by atoms with E-state index < -0.39 is 5.97 Å². The van der Waals surface area contributed by atoms with Crippen LogP contribution in [0.2, 0.25) is 0 Å². The van der Waals surface area contributed by atoms with E-state index in [1.807, 2.05) is 6.92 Å². The van der Waals surface area contributed by atoms with Crippen molar-refractivity contribution in [2.45, 2.75) is 19.8 Å². The molecule has 1 aliphatic rings. The average Bonchev–Trinajstić information content (AvgIpc) is 3.05. The normalized spacial score (nSPS) is 18.0. The second-order valence-corrected chi connectivity index (χ2v) is 5.75. The highest BCUT2D eigenvalue weighted by atomic mass is 32.1. The van der Waals surface area contributed by atoms with Crippen molar-refractivity contribution < 1.29 is 19.5 Å². The van der Waals surface area contributed by atoms with E-state index in [9.17, 15) is 14.4 Å². The lowest BCUT2D eigenvalue weighted by atomic mass is 10.1. The van der Waals surface area contributed by atoms with Crippen molar-refractivity contribution in [2.24, 2.45) is 5.92 Å². The number of carbonyl (C=O) groups excluding carboxylic acids is 2. The Balaban J connectivity index is 1.77. The predicted octanol–water partition coefficient (Wildman–Crippen LogP) is 0.368. The van der Waals surface area contributed by atoms with Gasteiger partial charge in [0.1, 0.15) is 0 Å². The van der Waals surface area contributed by atoms with E-state index in [0.717, 1.165) is 0 Å². The maximum atomic E-state index is 12.0. The molecule has 1 aromatic heterocycles. The van der Waals surface area contributed by atoms with E-state index in [1.165, 1.54) is 16.7 Å². The summed E-state index contributed by atoms with van der Waals surface area (Å²) in [5.74, 6) is -1.45. The SMILES string of the molecule is CCN1CC(C(=O)NCCc2nc(C(=O)O)cs2)CC1=O. The summed E-state index contributed by atoms with van der Waals surface area (Å²) >= 11 is 1.26. The van der Waals surface area contributed by atoms with Crippen LogP contribution in [0.15, 0.2) is 5.38 Å². The second-order valence-electron chi connectivity index (χ2n) is 4.81. The standard InChI is InChI=1S/C13H17N3O4S/c1-2-16-6-8(5-11(16)17)12(18)14-4-3-10-15-9(7-21-10)13(19)20/h7-8H,2-6H2,1H3,(H,14,18)(H,19,20). The average molecular weight is 311 g/mol. The molecule has 0 aliphatic carbocycles. The Morgan fingerprint density at radius 3 is 2.90 bits per heavy atom. The number of aromatic nitrogens is 1. The summed E-state index contributed by atoms with van der Waals surface area (Å²) < 4.78 is 0. The van der Waals surface area contributed by atoms with Crippen molar-refractivity contribution in [1.29, 1.82) is 0 Å². The number of carboxylic acids is 1. The van der Waals surface area contributed by atoms with Crippen molar-refractivity contribution in [3.8, 4) is 0 Å². The van der Waals surface area contributed by atoms with E-state index in [1.54, 1.807) is 4.90 Å². The van der Waals surface area contributed by atoms with Crippen LogP contribution in [0.4, 0.5) is 0 Å². The monoisotopic (exact) mass is 311 g/mol. The number of nitrogens with zero attached hydrogens (tertiary/aromatic N) is 2. The van der Waals surface area contributed by atoms with Crippen molar-refractivity contribution in [2.75, 3.05) is 19.6 Å². The van der Waals surface area contributed by atoms with E-state index in [0.29, 0.717) is 31.1 Å². The molecule has 21 heavy (non-hydrogen) atoms. The molecule has 114 valence electrons. The molecule has 1 aliphatic heterocycles. The van der Waals surface area contributed by atoms with Crippen LogP contribution in [-0.4, -0.2) is 52.4 Å². The zero-order valence-electron chi connectivity index (χ0n) is 11.7. The van der Waals surface area contributed by atoms with E-state index in [4.69, 9.17) is 5.11 Å². The van der Waals surface area contributed by atoms with Crippen LogP contribution in [0.5, 0.6) is 0 Å². The number of thiazole rings is 1. The Labute approximate surface area is 126 Å². The van der Waals surface area contributed by atoms with Gasteiger partial charge in [-0.2, -0.15) is 0 Å². The van der Waals surface area contributed by atoms with Gasteiger partial charge in [0, 0.05) is 37.9 Å². The third-order valence-electron chi connectivity index (χ3n) is 3.38. The van der Waals surface area contributed by atoms with Crippen LogP contribution in [0, 0.1) is 5.92 Å². The highest BCUT2D eigenvalue weighted by Crippen LogP contribution is 2.17. The van der Waals surface area contributed by atoms with Gasteiger partial charge in [-0.3, -0.25) is 9.59 Å². The van der Waals surface area contributed by atoms with Crippen LogP contribution in [0.1, 0.15) is 28.8 Å². The van der Waals surface area contributed by atoms with Gasteiger partial charge in [0.2, 0.25) is 11.8 Å². The molecule has 0 bridgehead atoms. The lowest BCUT2D eigenvalue weighted by Crippen LogP contribution is -2.34. The van der Waals surface area contributed by atoms with Crippen molar-refractivity contribution in [3.63, 3.8) is 0 Å². The largest absolute Gasteiger partial charge is 0.476 e. The van der Waals surface area contributed by atoms with Crippen LogP contribution >= 0.6 is 11.3 Å². The number of likely N-dealkylation sites (tertiary alicyclic amines) is 1. The summed E-state index contributed by atoms with van der Waals surface area (Å²) in [5.41, 5.74) is 0.0290. The molecule has 1 atom stereocenters. The number of amides is 2. The van der Waals surface area contributed by atoms with Crippen LogP contribution < -0.4 is 5.32 Å². The molecule has 2 heterocycles. The third kappa shape index (κ3) is 3.78. The van der Waals surface area contributed by atoms with E-state index in [-0.39, 0.29) is 29.8 Å². The Kier molecular flexibility index (Phi) is 4.89. The second kappa shape index (κ2) is 6.66. The van der Waals surface area contributed by atoms with Crippen molar-refractivity contribution in [3.05, 3.63) is 16.1 Å². The minimum absolute atomic E-state index is 0.0173. The smallest absolute Gasteiger partial charge is 0.355 e. The molecule has 1 fully saturated rings. The van der Waals surface area contributed by atoms with Gasteiger partial charge < -0.3 is 15.3 Å². The fourth-order valence-corrected chi connectivity index (χ4v) is 2.99. The molecule has 0 aromatic carbocycles. The number of hydrogen-bond acceptors (Lipinski definition) is 5. The third-order valence-corrected chi connectivity index (χ3v) is 4.28. The van der Waals surface area contributed by atoms with Crippen LogP contribution in [0.25, 0.3) is 0 Å². The summed E-state index contributed by atoms with van der Waals surface area (Å²) in [6, 6.07) is 0. The Morgan fingerprint density at radius 2 is 2.33 bits per heavy atom. The van der Waals surface area contributed by atoms with Gasteiger partial charge in [0.05, 0.1) is 10.9 Å². The Bertz CT molecular complexity index is 557. The number of rotatable bonds is 6. The lowest BCUT2D eigenvalue weighted by molar-refractivity contribution is -0.128. The molecule has 2 rings (SSSR count). The highest BCUT2D eigenvalue weighted by molar-refractivity contribution is 7.09. The molecule has 1 saturated heterocycles. The number of carbonyl (C=O) groups is 3. The molecule has 8 heteroatoms. The fraction of sp³-hybridized carbons (Fsp3) is 0.538. The summed E-state index contributed by atoms with van der Waals surface area (Å²) in [4.78, 5) is 39.8. The first-order chi connectivity index (χ1) is 10.0. The van der Waals surface area contributed by atoms with Crippen molar-refractivity contribution in [1.82, 2.24) is 15.2 Å². The summed E-state index contributed by atoms with van der Waals surface area (Å²) in [7, 11) is 0. The van der Waals surface area contributed by atoms with Gasteiger partial charge >= 0.3 is 5.97 Å². The molecule has 1 aromatic rings. The number of aromatic carboxylic acids is 1. The molecular weight excluding hydrogens is 294 g/mol. The highest BCUT2D eigenvalue weighted by Gasteiger charge is 2.33. The lowest BCUT2D eigenvalue weighted by Gasteiger charge is -2.13. The summed E-state index contributed by atoms with van der Waals surface area (Å²) in [6.07, 6.45) is 0.752. The van der Waals surface area contributed by atoms with E-state index in [2.05, 4.69) is 10.3 Å². The first-order valence-electron chi connectivity index (χ1n) is 6.74. The maximum absolute atomic E-state index is 12.0. The molecule has 0 saturated carbocycles. The van der Waals surface area contributed by atoms with E-state index >= 15 is 0 Å². The molecule has 0 spiro atoms. The topological polar surface area (TPSA) is 99.6 Å². The molecule has 1 unspecified atom stereocenters. The van der Waals surface area contributed by atoms with Crippen LogP contribution in [-0.2, 0) is 16.0 Å². The molecule has 2 amide bonds. The van der Waals surface area contributed by atoms with Gasteiger partial charge in [-0.1, -0.05) is 0 Å². The minimum atomic E-state index is -1.05. The first kappa shape index (κ1) is 15.4. The zero-order chi connectivity index (χ0) is 15.4. The number of hydrogen-bond donors (Lipinski definition) is 2. The van der Waals surface area contributed by atoms with Crippen molar-refractivity contribution >= 4 is 29.1 Å². The van der Waals surface area contributed by atoms with Gasteiger partial charge in [-0.25, -0.2) is 9.78 Å². The molecule has 2 N–H and O–H groups in total. The number of nitrogens with one attached hydrogen (secondary N) is 1. The summed E-state index contributed by atoms with van der Waals surface area (Å²) in [6.45, 7) is 3.38. The maximum Gasteiger partial charge on any atom is 0.355 e. The number of carboxylic acid groups (broad SMARTS) is 1. The zero-order valence-corrected chi connectivity index (χ0v) is 12.5. The van der Waals surface area contributed by atoms with Crippen LogP contribution in [0.3, 0.4) is 0 Å². The first-order valence-corrected chi connectivity index (χ1v) is 7.62. The molecular formula is C13H17N3O4S. The van der Waals surface area contributed by atoms with Gasteiger partial charge in [-0.15, -0.1) is 11.3 Å². The quantitative estimate of drug-likeness (QED) is 0.790. The Hall–Kier alpha value is -1.96. The molecule has 7 nitrogen and oxygen atoms in total. The van der Waals surface area contributed by atoms with Gasteiger partial charge in [-0.05, 0) is 6.92 Å². The predicted molar refractivity (Wildman–Crippen MR) is 76.1 cm³/mol. The van der Waals surface area contributed by atoms with Gasteiger partial charge in [0.15, 0.2) is 5.69 Å². The van der Waals surface area contributed by atoms with Gasteiger partial charge in [0.25, 0.3) is 0 Å². The minimum Gasteiger partial charge on any atom is -0.476 e. The Morgan fingerprint density at radius 1 is 1.57 bits per heavy atom. The summed E-state index contributed by atoms with van der Waals surface area (Å²) in [5, 5.41) is 13.7. The fourth-order valence-electron chi connectivity index (χ4n) is 2.21. The molecule has 0 radical (unpaired) electrons.